The van der Waals surface area contributed by atoms with Crippen LogP contribution in [-0.4, -0.2) is 49.9 Å². The van der Waals surface area contributed by atoms with Crippen LogP contribution in [0.15, 0.2) is 0 Å². The van der Waals surface area contributed by atoms with Gasteiger partial charge in [0.05, 0.1) is 0 Å². The smallest absolute Gasteiger partial charge is 0.652 e. The number of hydrogen-bond acceptors (Lipinski definition) is 5. The Hall–Kier alpha value is 1.000. The third-order valence-corrected chi connectivity index (χ3v) is 0. The second-order valence-electron chi connectivity index (χ2n) is 0.742. The number of aliphatic carboxylic acids is 1. The molecule has 0 fully saturated rings. The topological polar surface area (TPSA) is 103 Å². The molecule has 0 amide bonds. The number of carboxylic acid groups (broad SMARTS) is 3. The maximum absolute atomic E-state index is 8.89. The minimum absolute atomic E-state index is 0. The van der Waals surface area contributed by atoms with E-state index in [4.69, 9.17) is 24.9 Å². The van der Waals surface area contributed by atoms with Gasteiger partial charge >= 0.3 is 67.3 Å². The summed E-state index contributed by atoms with van der Waals surface area (Å²) in [6.07, 6.45) is -2.33. The number of rotatable bonds is 0. The van der Waals surface area contributed by atoms with Crippen LogP contribution in [0.5, 0.6) is 0 Å². The van der Waals surface area contributed by atoms with Crippen LogP contribution in [0.2, 0.25) is 0 Å². The monoisotopic (exact) mass is 182 g/mol. The molecule has 0 atom stereocenters. The van der Waals surface area contributed by atoms with Gasteiger partial charge in [-0.1, -0.05) is 0 Å². The molecule has 0 saturated heterocycles. The molecule has 0 heterocycles. The van der Waals surface area contributed by atoms with Crippen molar-refractivity contribution in [3.63, 3.8) is 0 Å². The van der Waals surface area contributed by atoms with Crippen LogP contribution >= 0.6 is 0 Å². The fraction of sp³-hybridized carbons (Fsp3) is 0.333. The van der Waals surface area contributed by atoms with E-state index in [2.05, 4.69) is 0 Å². The van der Waals surface area contributed by atoms with E-state index in [1.807, 2.05) is 0 Å². The number of carbonyl (C=O) groups excluding carboxylic acids is 2. The molecule has 0 spiro atoms. The molecule has 0 rings (SSSR count). The zero-order chi connectivity index (χ0) is 7.15. The van der Waals surface area contributed by atoms with E-state index in [1.54, 1.807) is 0 Å². The molecule has 0 aliphatic carbocycles. The van der Waals surface area contributed by atoms with Gasteiger partial charge in [0, 0.05) is 5.97 Å². The van der Waals surface area contributed by atoms with Crippen molar-refractivity contribution in [3.05, 3.63) is 0 Å². The zero-order valence-electron chi connectivity index (χ0n) is 5.75. The predicted octanol–water partition coefficient (Wildman–Crippen LogP) is -7.07. The Morgan fingerprint density at radius 3 is 1.10 bits per heavy atom. The summed E-state index contributed by atoms with van der Waals surface area (Å²) in [5.41, 5.74) is 0. The molecule has 48 valence electrons. The molecule has 0 unspecified atom stereocenters. The van der Waals surface area contributed by atoms with Gasteiger partial charge in [0.15, 0.2) is 0 Å². The molecule has 0 aliphatic heterocycles. The molecule has 0 aromatic carbocycles. The molecule has 0 aromatic heterocycles. The molecule has 0 aromatic rings. The first-order chi connectivity index (χ1) is 3.46. The average molecular weight is 182 g/mol. The fourth-order valence-electron chi connectivity index (χ4n) is 0. The first-order valence-electron chi connectivity index (χ1n) is 1.52. The van der Waals surface area contributed by atoms with Crippen LogP contribution in [0.4, 0.5) is 4.79 Å². The fourth-order valence-corrected chi connectivity index (χ4v) is 0. The first kappa shape index (κ1) is 22.4. The third-order valence-electron chi connectivity index (χ3n) is 0. The van der Waals surface area contributed by atoms with Gasteiger partial charge in [0.1, 0.15) is 0 Å². The van der Waals surface area contributed by atoms with Gasteiger partial charge in [-0.15, -0.1) is 0 Å². The minimum atomic E-state index is -2.33. The molecule has 0 saturated carbocycles. The van der Waals surface area contributed by atoms with E-state index < -0.39 is 12.1 Å². The number of carboxylic acids is 1. The largest absolute Gasteiger partial charge is 2.00 e. The van der Waals surface area contributed by atoms with Crippen molar-refractivity contribution < 1.29 is 54.5 Å². The van der Waals surface area contributed by atoms with E-state index >= 15 is 0 Å². The van der Waals surface area contributed by atoms with E-state index in [9.17, 15) is 0 Å². The van der Waals surface area contributed by atoms with E-state index in [1.165, 1.54) is 0 Å². The molecule has 0 N–H and O–H groups in total. The molecular weight excluding hydrogens is 179 g/mol. The third kappa shape index (κ3) is 576. The van der Waals surface area contributed by atoms with Gasteiger partial charge in [-0.3, -0.25) is 0 Å². The summed E-state index contributed by atoms with van der Waals surface area (Å²) >= 11 is 0. The second kappa shape index (κ2) is 16.5. The Morgan fingerprint density at radius 2 is 1.10 bits per heavy atom. The van der Waals surface area contributed by atoms with Crippen LogP contribution < -0.4 is 44.9 Å². The maximum Gasteiger partial charge on any atom is 2.00 e. The Labute approximate surface area is 110 Å². The van der Waals surface area contributed by atoms with Gasteiger partial charge in [-0.05, 0) is 13.1 Å². The summed E-state index contributed by atoms with van der Waals surface area (Å²) in [5, 5.41) is 25.6. The molecule has 0 bridgehead atoms. The van der Waals surface area contributed by atoms with Crippen LogP contribution in [0.25, 0.3) is 0 Å². The molecule has 10 heavy (non-hydrogen) atoms. The first-order valence-corrected chi connectivity index (χ1v) is 1.52. The average Bonchev–Trinajstić information content (AvgIpc) is 1.25. The summed E-state index contributed by atoms with van der Waals surface area (Å²) in [4.78, 5) is 17.2. The van der Waals surface area contributed by atoms with Crippen molar-refractivity contribution in [2.24, 2.45) is 0 Å². The number of carbonyl (C=O) groups is 2. The van der Waals surface area contributed by atoms with Crippen molar-refractivity contribution in [1.29, 1.82) is 0 Å². The van der Waals surface area contributed by atoms with E-state index in [0.29, 0.717) is 0 Å². The maximum atomic E-state index is 8.89. The summed E-state index contributed by atoms with van der Waals surface area (Å²) in [6.45, 7) is 0.972. The second-order valence-corrected chi connectivity index (χ2v) is 0.742. The molecule has 0 aliphatic rings. The van der Waals surface area contributed by atoms with Gasteiger partial charge in [-0.2, -0.15) is 0 Å². The molecule has 5 nitrogen and oxygen atoms in total. The van der Waals surface area contributed by atoms with Crippen molar-refractivity contribution in [1.82, 2.24) is 0 Å². The van der Waals surface area contributed by atoms with Crippen LogP contribution in [0.1, 0.15) is 6.92 Å². The van der Waals surface area contributed by atoms with Crippen LogP contribution in [-0.2, 0) is 4.79 Å². The Bertz CT molecular complexity index is 74.9. The molecule has 7 heteroatoms. The predicted molar refractivity (Wildman–Crippen MR) is 21.8 cm³/mol. The van der Waals surface area contributed by atoms with Gasteiger partial charge < -0.3 is 24.9 Å². The Kier molecular flexibility index (Phi) is 37.1. The zero-order valence-corrected chi connectivity index (χ0v) is 9.96. The van der Waals surface area contributed by atoms with Gasteiger partial charge in [0.25, 0.3) is 0 Å². The summed E-state index contributed by atoms with van der Waals surface area (Å²) < 4.78 is 0. The van der Waals surface area contributed by atoms with Gasteiger partial charge in [-0.25, -0.2) is 0 Å². The summed E-state index contributed by atoms with van der Waals surface area (Å²) in [7, 11) is 0. The number of hydrogen-bond donors (Lipinski definition) is 0. The quantitative estimate of drug-likeness (QED) is 0.346. The van der Waals surface area contributed by atoms with Crippen molar-refractivity contribution in [3.8, 4) is 0 Å². The van der Waals surface area contributed by atoms with Crippen LogP contribution in [0.3, 0.4) is 0 Å². The van der Waals surface area contributed by atoms with Crippen molar-refractivity contribution in [2.45, 2.75) is 6.92 Å². The Balaban J connectivity index is -0.0000000300. The standard InChI is InChI=1S/C2H4O2.CH2O3.Ca.Na/c1-2(3)4;2-1(3)4;;/h1H3,(H,3,4);(H2,2,3,4);;/q;;+2;+1/p-3. The minimum Gasteiger partial charge on any atom is -0.652 e. The van der Waals surface area contributed by atoms with Gasteiger partial charge in [0.2, 0.25) is 0 Å². The summed E-state index contributed by atoms with van der Waals surface area (Å²) in [5.74, 6) is -1.08. The summed E-state index contributed by atoms with van der Waals surface area (Å²) in [6, 6.07) is 0. The Morgan fingerprint density at radius 1 is 1.10 bits per heavy atom. The van der Waals surface area contributed by atoms with Crippen LogP contribution in [0, 0.1) is 0 Å². The SMILES string of the molecule is CC(=O)[O-].O=C([O-])[O-].[Ca+2].[Na+]. The van der Waals surface area contributed by atoms with E-state index in [-0.39, 0.29) is 67.3 Å². The van der Waals surface area contributed by atoms with Crippen molar-refractivity contribution in [2.75, 3.05) is 0 Å². The molecule has 0 radical (unpaired) electrons. The molecular formula is C3H3CaNaO5. The van der Waals surface area contributed by atoms with Crippen molar-refractivity contribution >= 4 is 49.9 Å². The van der Waals surface area contributed by atoms with E-state index in [0.717, 1.165) is 6.92 Å². The normalized spacial score (nSPS) is 4.90.